The number of benzene rings is 1. The maximum atomic E-state index is 12.2. The fourth-order valence-electron chi connectivity index (χ4n) is 2.09. The largest absolute Gasteiger partial charge is 0.481 e. The van der Waals surface area contributed by atoms with E-state index in [0.717, 1.165) is 0 Å². The number of para-hydroxylation sites is 1. The van der Waals surface area contributed by atoms with Crippen molar-refractivity contribution in [3.8, 4) is 0 Å². The molecule has 110 valence electrons. The van der Waals surface area contributed by atoms with Crippen LogP contribution in [0.2, 0.25) is 0 Å². The third kappa shape index (κ3) is 5.30. The van der Waals surface area contributed by atoms with Gasteiger partial charge in [-0.15, -0.1) is 0 Å². The molecule has 1 aromatic rings. The van der Waals surface area contributed by atoms with Gasteiger partial charge in [0.25, 0.3) is 5.91 Å². The average molecular weight is 278 g/mol. The number of nitrogen functional groups attached to an aromatic ring is 1. The molecule has 5 nitrogen and oxygen atoms in total. The van der Waals surface area contributed by atoms with E-state index in [1.807, 2.05) is 20.8 Å². The number of anilines is 1. The molecule has 20 heavy (non-hydrogen) atoms. The van der Waals surface area contributed by atoms with E-state index in [0.29, 0.717) is 17.7 Å². The quantitative estimate of drug-likeness (QED) is 0.720. The van der Waals surface area contributed by atoms with Crippen molar-refractivity contribution in [2.24, 2.45) is 5.41 Å². The van der Waals surface area contributed by atoms with Crippen LogP contribution >= 0.6 is 0 Å². The number of carboxylic acids is 1. The zero-order chi connectivity index (χ0) is 15.3. The van der Waals surface area contributed by atoms with Gasteiger partial charge in [0.05, 0.1) is 12.0 Å². The van der Waals surface area contributed by atoms with Crippen LogP contribution in [0, 0.1) is 5.41 Å². The van der Waals surface area contributed by atoms with Crippen molar-refractivity contribution in [1.82, 2.24) is 5.32 Å². The maximum absolute atomic E-state index is 12.2. The molecule has 1 rings (SSSR count). The molecule has 0 saturated heterocycles. The van der Waals surface area contributed by atoms with Gasteiger partial charge in [-0.1, -0.05) is 32.9 Å². The van der Waals surface area contributed by atoms with Crippen LogP contribution in [0.1, 0.15) is 44.0 Å². The maximum Gasteiger partial charge on any atom is 0.305 e. The first-order valence-corrected chi connectivity index (χ1v) is 6.56. The van der Waals surface area contributed by atoms with Crippen LogP contribution < -0.4 is 11.1 Å². The van der Waals surface area contributed by atoms with Gasteiger partial charge in [0.15, 0.2) is 0 Å². The fraction of sp³-hybridized carbons (Fsp3) is 0.467. The number of aliphatic carboxylic acids is 1. The SMILES string of the molecule is CC(C)(C)CC(CC(=O)O)NC(=O)c1ccccc1N. The molecule has 0 aliphatic carbocycles. The van der Waals surface area contributed by atoms with Crippen LogP contribution in [0.15, 0.2) is 24.3 Å². The number of hydrogen-bond donors (Lipinski definition) is 3. The predicted octanol–water partition coefficient (Wildman–Crippen LogP) is 2.28. The first-order chi connectivity index (χ1) is 9.19. The summed E-state index contributed by atoms with van der Waals surface area (Å²) in [5, 5.41) is 11.7. The van der Waals surface area contributed by atoms with E-state index in [1.54, 1.807) is 24.3 Å². The predicted molar refractivity (Wildman–Crippen MR) is 78.4 cm³/mol. The Morgan fingerprint density at radius 1 is 1.30 bits per heavy atom. The van der Waals surface area contributed by atoms with Crippen molar-refractivity contribution in [1.29, 1.82) is 0 Å². The summed E-state index contributed by atoms with van der Waals surface area (Å²) in [5.74, 6) is -1.26. The number of carboxylic acid groups (broad SMARTS) is 1. The molecule has 0 bridgehead atoms. The Hall–Kier alpha value is -2.04. The molecule has 1 aromatic carbocycles. The number of amides is 1. The molecule has 1 amide bonds. The van der Waals surface area contributed by atoms with Crippen molar-refractivity contribution in [2.75, 3.05) is 5.73 Å². The average Bonchev–Trinajstić information content (AvgIpc) is 2.25. The summed E-state index contributed by atoms with van der Waals surface area (Å²) in [6, 6.07) is 6.32. The monoisotopic (exact) mass is 278 g/mol. The Labute approximate surface area is 119 Å². The Morgan fingerprint density at radius 2 is 1.90 bits per heavy atom. The zero-order valence-corrected chi connectivity index (χ0v) is 12.1. The van der Waals surface area contributed by atoms with E-state index in [4.69, 9.17) is 10.8 Å². The molecule has 1 unspecified atom stereocenters. The Bertz CT molecular complexity index is 492. The van der Waals surface area contributed by atoms with E-state index >= 15 is 0 Å². The highest BCUT2D eigenvalue weighted by molar-refractivity contribution is 5.99. The highest BCUT2D eigenvalue weighted by atomic mass is 16.4. The second-order valence-electron chi connectivity index (χ2n) is 6.12. The van der Waals surface area contributed by atoms with E-state index < -0.39 is 12.0 Å². The van der Waals surface area contributed by atoms with Crippen molar-refractivity contribution >= 4 is 17.6 Å². The van der Waals surface area contributed by atoms with Gasteiger partial charge in [-0.25, -0.2) is 0 Å². The molecule has 0 radical (unpaired) electrons. The number of carbonyl (C=O) groups excluding carboxylic acids is 1. The Kier molecular flexibility index (Phi) is 5.13. The lowest BCUT2D eigenvalue weighted by atomic mass is 9.87. The van der Waals surface area contributed by atoms with Crippen molar-refractivity contribution < 1.29 is 14.7 Å². The molecule has 0 saturated carbocycles. The molecule has 0 aliphatic heterocycles. The summed E-state index contributed by atoms with van der Waals surface area (Å²) >= 11 is 0. The van der Waals surface area contributed by atoms with Crippen LogP contribution in [0.25, 0.3) is 0 Å². The Morgan fingerprint density at radius 3 is 2.40 bits per heavy atom. The summed E-state index contributed by atoms with van der Waals surface area (Å²) < 4.78 is 0. The molecule has 0 aliphatic rings. The third-order valence-electron chi connectivity index (χ3n) is 2.82. The van der Waals surface area contributed by atoms with Crippen molar-refractivity contribution in [3.63, 3.8) is 0 Å². The lowest BCUT2D eigenvalue weighted by Crippen LogP contribution is -2.39. The molecule has 0 heterocycles. The van der Waals surface area contributed by atoms with Gasteiger partial charge in [-0.3, -0.25) is 9.59 Å². The van der Waals surface area contributed by atoms with Crippen molar-refractivity contribution in [3.05, 3.63) is 29.8 Å². The highest BCUT2D eigenvalue weighted by Crippen LogP contribution is 2.22. The van der Waals surface area contributed by atoms with Gasteiger partial charge in [-0.2, -0.15) is 0 Å². The number of nitrogens with two attached hydrogens (primary N) is 1. The second-order valence-corrected chi connectivity index (χ2v) is 6.12. The Balaban J connectivity index is 2.81. The van der Waals surface area contributed by atoms with Crippen LogP contribution in [-0.2, 0) is 4.79 Å². The van der Waals surface area contributed by atoms with Crippen molar-refractivity contribution in [2.45, 2.75) is 39.7 Å². The summed E-state index contributed by atoms with van der Waals surface area (Å²) in [4.78, 5) is 23.1. The third-order valence-corrected chi connectivity index (χ3v) is 2.82. The van der Waals surface area contributed by atoms with Gasteiger partial charge in [0.2, 0.25) is 0 Å². The van der Waals surface area contributed by atoms with Crippen LogP contribution in [0.3, 0.4) is 0 Å². The van der Waals surface area contributed by atoms with E-state index in [-0.39, 0.29) is 17.7 Å². The van der Waals surface area contributed by atoms with Gasteiger partial charge in [-0.05, 0) is 24.0 Å². The number of nitrogens with one attached hydrogen (secondary N) is 1. The summed E-state index contributed by atoms with van der Waals surface area (Å²) in [6.07, 6.45) is 0.480. The normalized spacial score (nSPS) is 12.8. The summed E-state index contributed by atoms with van der Waals surface area (Å²) in [7, 11) is 0. The highest BCUT2D eigenvalue weighted by Gasteiger charge is 2.23. The lowest BCUT2D eigenvalue weighted by molar-refractivity contribution is -0.137. The van der Waals surface area contributed by atoms with Gasteiger partial charge in [0.1, 0.15) is 0 Å². The van der Waals surface area contributed by atoms with Crippen LogP contribution in [0.5, 0.6) is 0 Å². The lowest BCUT2D eigenvalue weighted by Gasteiger charge is -2.26. The molecular weight excluding hydrogens is 256 g/mol. The molecular formula is C15H22N2O3. The number of carbonyl (C=O) groups is 2. The minimum Gasteiger partial charge on any atom is -0.481 e. The molecule has 0 spiro atoms. The standard InChI is InChI=1S/C15H22N2O3/c1-15(2,3)9-10(8-13(18)19)17-14(20)11-6-4-5-7-12(11)16/h4-7,10H,8-9,16H2,1-3H3,(H,17,20)(H,18,19). The van der Waals surface area contributed by atoms with E-state index in [9.17, 15) is 9.59 Å². The minimum atomic E-state index is -0.930. The van der Waals surface area contributed by atoms with Crippen LogP contribution in [0.4, 0.5) is 5.69 Å². The minimum absolute atomic E-state index is 0.0738. The molecule has 0 fully saturated rings. The first kappa shape index (κ1) is 16.0. The fourth-order valence-corrected chi connectivity index (χ4v) is 2.09. The van der Waals surface area contributed by atoms with Gasteiger partial charge >= 0.3 is 5.97 Å². The topological polar surface area (TPSA) is 92.4 Å². The molecule has 5 heteroatoms. The molecule has 0 aromatic heterocycles. The summed E-state index contributed by atoms with van der Waals surface area (Å²) in [6.45, 7) is 6.01. The van der Waals surface area contributed by atoms with Crippen LogP contribution in [-0.4, -0.2) is 23.0 Å². The molecule has 4 N–H and O–H groups in total. The zero-order valence-electron chi connectivity index (χ0n) is 12.1. The number of hydrogen-bond acceptors (Lipinski definition) is 3. The second kappa shape index (κ2) is 6.41. The van der Waals surface area contributed by atoms with E-state index in [2.05, 4.69) is 5.32 Å². The van der Waals surface area contributed by atoms with E-state index in [1.165, 1.54) is 0 Å². The first-order valence-electron chi connectivity index (χ1n) is 6.56. The summed E-state index contributed by atoms with van der Waals surface area (Å²) in [5.41, 5.74) is 6.43. The smallest absolute Gasteiger partial charge is 0.305 e. The van der Waals surface area contributed by atoms with Gasteiger partial charge < -0.3 is 16.2 Å². The van der Waals surface area contributed by atoms with Gasteiger partial charge in [0, 0.05) is 11.7 Å². The number of rotatable bonds is 5. The molecule has 1 atom stereocenters.